The van der Waals surface area contributed by atoms with Gasteiger partial charge in [-0.2, -0.15) is 5.10 Å². The summed E-state index contributed by atoms with van der Waals surface area (Å²) >= 11 is 0. The van der Waals surface area contributed by atoms with Gasteiger partial charge < -0.3 is 5.11 Å². The van der Waals surface area contributed by atoms with Crippen LogP contribution in [0.2, 0.25) is 0 Å². The number of hydrogen-bond acceptors (Lipinski definition) is 3. The van der Waals surface area contributed by atoms with Crippen LogP contribution in [-0.4, -0.2) is 26.3 Å². The van der Waals surface area contributed by atoms with Crippen molar-refractivity contribution in [3.63, 3.8) is 0 Å². The maximum absolute atomic E-state index is 10.6. The second-order valence-electron chi connectivity index (χ2n) is 2.72. The molecule has 0 saturated heterocycles. The Morgan fingerprint density at radius 3 is 3.00 bits per heavy atom. The molecule has 0 saturated carbocycles. The molecule has 13 heavy (non-hydrogen) atoms. The van der Waals surface area contributed by atoms with Crippen LogP contribution in [0.1, 0.15) is 16.2 Å². The molecule has 0 spiro atoms. The molecule has 0 aliphatic carbocycles. The van der Waals surface area contributed by atoms with Crippen molar-refractivity contribution in [2.45, 2.75) is 6.92 Å². The van der Waals surface area contributed by atoms with E-state index in [2.05, 4.69) is 15.2 Å². The summed E-state index contributed by atoms with van der Waals surface area (Å²) in [6.45, 7) is 1.80. The maximum atomic E-state index is 10.6. The van der Waals surface area contributed by atoms with Gasteiger partial charge in [-0.25, -0.2) is 9.78 Å². The van der Waals surface area contributed by atoms with E-state index in [-0.39, 0.29) is 5.69 Å². The van der Waals surface area contributed by atoms with Crippen molar-refractivity contribution in [3.8, 4) is 0 Å². The fourth-order valence-electron chi connectivity index (χ4n) is 1.13. The Balaban J connectivity index is 2.72. The summed E-state index contributed by atoms with van der Waals surface area (Å²) in [5.41, 5.74) is 2.11. The predicted octanol–water partition coefficient (Wildman–Crippen LogP) is 0.965. The highest BCUT2D eigenvalue weighted by Crippen LogP contribution is 2.12. The highest BCUT2D eigenvalue weighted by molar-refractivity contribution is 5.89. The van der Waals surface area contributed by atoms with Crippen molar-refractivity contribution < 1.29 is 9.90 Å². The minimum Gasteiger partial charge on any atom is -0.477 e. The van der Waals surface area contributed by atoms with Gasteiger partial charge >= 0.3 is 5.97 Å². The lowest BCUT2D eigenvalue weighted by Gasteiger charge is -1.92. The Hall–Kier alpha value is -1.91. The van der Waals surface area contributed by atoms with Gasteiger partial charge in [0.1, 0.15) is 16.7 Å². The zero-order valence-corrected chi connectivity index (χ0v) is 6.90. The molecule has 5 nitrogen and oxygen atoms in total. The van der Waals surface area contributed by atoms with Crippen LogP contribution in [0.25, 0.3) is 11.0 Å². The average molecular weight is 177 g/mol. The lowest BCUT2D eigenvalue weighted by molar-refractivity contribution is 0.0691. The molecule has 2 heterocycles. The molecule has 0 aliphatic heterocycles. The van der Waals surface area contributed by atoms with Gasteiger partial charge in [-0.3, -0.25) is 5.10 Å². The number of pyridine rings is 1. The number of nitrogens with zero attached hydrogens (tertiary/aromatic N) is 2. The largest absolute Gasteiger partial charge is 0.477 e. The SMILES string of the molecule is Cc1[nH]nc2ccc(C(=O)O)nc12. The van der Waals surface area contributed by atoms with Crippen LogP contribution in [0.5, 0.6) is 0 Å². The smallest absolute Gasteiger partial charge is 0.354 e. The number of H-pyrrole nitrogens is 1. The normalized spacial score (nSPS) is 10.5. The number of nitrogens with one attached hydrogen (secondary N) is 1. The van der Waals surface area contributed by atoms with Crippen molar-refractivity contribution in [1.82, 2.24) is 15.2 Å². The van der Waals surface area contributed by atoms with Crippen LogP contribution in [0.4, 0.5) is 0 Å². The van der Waals surface area contributed by atoms with Crippen molar-refractivity contribution >= 4 is 17.0 Å². The molecule has 0 aliphatic rings. The fraction of sp³-hybridized carbons (Fsp3) is 0.125. The summed E-state index contributed by atoms with van der Waals surface area (Å²) in [6, 6.07) is 3.07. The molecular formula is C8H7N3O2. The third-order valence-corrected chi connectivity index (χ3v) is 1.79. The van der Waals surface area contributed by atoms with E-state index in [1.807, 2.05) is 0 Å². The molecule has 0 radical (unpaired) electrons. The molecule has 0 fully saturated rings. The Labute approximate surface area is 73.4 Å². The number of carbonyl (C=O) groups is 1. The molecule has 5 heteroatoms. The molecule has 0 aromatic carbocycles. The van der Waals surface area contributed by atoms with E-state index < -0.39 is 5.97 Å². The van der Waals surface area contributed by atoms with Crippen LogP contribution in [-0.2, 0) is 0 Å². The number of aryl methyl sites for hydroxylation is 1. The monoisotopic (exact) mass is 177 g/mol. The van der Waals surface area contributed by atoms with E-state index in [1.54, 1.807) is 13.0 Å². The topological polar surface area (TPSA) is 78.9 Å². The number of carboxylic acid groups (broad SMARTS) is 1. The molecule has 0 unspecified atom stereocenters. The lowest BCUT2D eigenvalue weighted by Crippen LogP contribution is -1.99. The van der Waals surface area contributed by atoms with Gasteiger partial charge in [0.15, 0.2) is 0 Å². The Morgan fingerprint density at radius 1 is 1.54 bits per heavy atom. The third-order valence-electron chi connectivity index (χ3n) is 1.79. The molecule has 0 amide bonds. The van der Waals surface area contributed by atoms with Crippen molar-refractivity contribution in [2.75, 3.05) is 0 Å². The predicted molar refractivity (Wildman–Crippen MR) is 45.6 cm³/mol. The Bertz CT molecular complexity index is 475. The summed E-state index contributed by atoms with van der Waals surface area (Å²) in [5.74, 6) is -1.03. The summed E-state index contributed by atoms with van der Waals surface area (Å²) < 4.78 is 0. The van der Waals surface area contributed by atoms with E-state index in [4.69, 9.17) is 5.11 Å². The summed E-state index contributed by atoms with van der Waals surface area (Å²) in [7, 11) is 0. The summed E-state index contributed by atoms with van der Waals surface area (Å²) in [6.07, 6.45) is 0. The van der Waals surface area contributed by atoms with Gasteiger partial charge in [0, 0.05) is 0 Å². The van der Waals surface area contributed by atoms with Gasteiger partial charge in [0.25, 0.3) is 0 Å². The van der Waals surface area contributed by atoms with E-state index in [0.717, 1.165) is 5.69 Å². The van der Waals surface area contributed by atoms with Crippen LogP contribution in [0, 0.1) is 6.92 Å². The minimum atomic E-state index is -1.03. The van der Waals surface area contributed by atoms with Crippen LogP contribution in [0.3, 0.4) is 0 Å². The first kappa shape index (κ1) is 7.72. The quantitative estimate of drug-likeness (QED) is 0.680. The highest BCUT2D eigenvalue weighted by Gasteiger charge is 2.08. The molecule has 2 N–H and O–H groups in total. The fourth-order valence-corrected chi connectivity index (χ4v) is 1.13. The molecule has 2 rings (SSSR count). The number of aromatic carboxylic acids is 1. The second-order valence-corrected chi connectivity index (χ2v) is 2.72. The van der Waals surface area contributed by atoms with Crippen molar-refractivity contribution in [3.05, 3.63) is 23.5 Å². The first-order chi connectivity index (χ1) is 6.18. The molecule has 0 bridgehead atoms. The number of rotatable bonds is 1. The van der Waals surface area contributed by atoms with Crippen LogP contribution in [0.15, 0.2) is 12.1 Å². The molecule has 66 valence electrons. The van der Waals surface area contributed by atoms with Crippen molar-refractivity contribution in [1.29, 1.82) is 0 Å². The van der Waals surface area contributed by atoms with Gasteiger partial charge in [0.05, 0.1) is 5.69 Å². The van der Waals surface area contributed by atoms with Gasteiger partial charge in [-0.15, -0.1) is 0 Å². The van der Waals surface area contributed by atoms with E-state index in [9.17, 15) is 4.79 Å². The molecule has 2 aromatic rings. The number of aromatic amines is 1. The zero-order valence-electron chi connectivity index (χ0n) is 6.90. The highest BCUT2D eigenvalue weighted by atomic mass is 16.4. The zero-order chi connectivity index (χ0) is 9.42. The average Bonchev–Trinajstić information content (AvgIpc) is 2.47. The number of carboxylic acids is 1. The molecule has 2 aromatic heterocycles. The number of aromatic nitrogens is 3. The van der Waals surface area contributed by atoms with Gasteiger partial charge in [0.2, 0.25) is 0 Å². The lowest BCUT2D eigenvalue weighted by atomic mass is 10.3. The maximum Gasteiger partial charge on any atom is 0.354 e. The second kappa shape index (κ2) is 2.55. The molecular weight excluding hydrogens is 170 g/mol. The minimum absolute atomic E-state index is 0.0389. The molecule has 0 atom stereocenters. The standard InChI is InChI=1S/C8H7N3O2/c1-4-7-5(11-10-4)2-3-6(9-7)8(12)13/h2-3H,1H3,(H,10,11)(H,12,13). The Morgan fingerprint density at radius 2 is 2.31 bits per heavy atom. The summed E-state index contributed by atoms with van der Waals surface area (Å²) in [4.78, 5) is 14.5. The van der Waals surface area contributed by atoms with E-state index >= 15 is 0 Å². The first-order valence-corrected chi connectivity index (χ1v) is 3.73. The first-order valence-electron chi connectivity index (χ1n) is 3.73. The van der Waals surface area contributed by atoms with Crippen LogP contribution >= 0.6 is 0 Å². The van der Waals surface area contributed by atoms with E-state index in [1.165, 1.54) is 6.07 Å². The van der Waals surface area contributed by atoms with Gasteiger partial charge in [-0.1, -0.05) is 0 Å². The number of hydrogen-bond donors (Lipinski definition) is 2. The van der Waals surface area contributed by atoms with Crippen molar-refractivity contribution in [2.24, 2.45) is 0 Å². The van der Waals surface area contributed by atoms with Gasteiger partial charge in [-0.05, 0) is 19.1 Å². The third kappa shape index (κ3) is 1.14. The number of fused-ring (bicyclic) bond motifs is 1. The van der Waals surface area contributed by atoms with E-state index in [0.29, 0.717) is 11.0 Å². The summed E-state index contributed by atoms with van der Waals surface area (Å²) in [5, 5.41) is 15.4. The van der Waals surface area contributed by atoms with Crippen LogP contribution < -0.4 is 0 Å². The Kier molecular flexibility index (Phi) is 1.51.